The summed E-state index contributed by atoms with van der Waals surface area (Å²) < 4.78 is 32.6. The van der Waals surface area contributed by atoms with Gasteiger partial charge < -0.3 is 32.9 Å². The predicted molar refractivity (Wildman–Crippen MR) is 141 cm³/mol. The van der Waals surface area contributed by atoms with Crippen LogP contribution < -0.4 is 14.2 Å². The number of carboxylic acids is 1. The lowest BCUT2D eigenvalue weighted by Crippen LogP contribution is -2.28. The summed E-state index contributed by atoms with van der Waals surface area (Å²) in [6.45, 7) is 1.93. The molecule has 0 fully saturated rings. The van der Waals surface area contributed by atoms with Gasteiger partial charge in [0.05, 0.1) is 30.1 Å². The van der Waals surface area contributed by atoms with Gasteiger partial charge in [0, 0.05) is 12.1 Å². The summed E-state index contributed by atoms with van der Waals surface area (Å²) in [5, 5.41) is 20.4. The number of aliphatic carboxylic acids is 1. The molecule has 1 atom stereocenters. The number of hydrogen-bond donors (Lipinski definition) is 1. The molecular formula is C28H26N2O11. The van der Waals surface area contributed by atoms with Crippen LogP contribution in [-0.2, 0) is 22.6 Å². The van der Waals surface area contributed by atoms with Crippen LogP contribution >= 0.6 is 0 Å². The number of nitro groups is 1. The molecule has 0 aliphatic rings. The largest absolute Gasteiger partial charge is 0.514 e. The van der Waals surface area contributed by atoms with Gasteiger partial charge in [-0.25, -0.2) is 14.6 Å². The van der Waals surface area contributed by atoms with Gasteiger partial charge in [-0.1, -0.05) is 6.07 Å². The number of oxazole rings is 1. The highest BCUT2D eigenvalue weighted by atomic mass is 16.7. The molecule has 2 heterocycles. The first-order valence-electron chi connectivity index (χ1n) is 12.4. The molecule has 13 heteroatoms. The quantitative estimate of drug-likeness (QED) is 0.0902. The summed E-state index contributed by atoms with van der Waals surface area (Å²) in [6, 6.07) is 10.1. The minimum atomic E-state index is -1.49. The Kier molecular flexibility index (Phi) is 9.20. The van der Waals surface area contributed by atoms with E-state index in [4.69, 9.17) is 27.8 Å². The van der Waals surface area contributed by atoms with Crippen LogP contribution in [-0.4, -0.2) is 40.4 Å². The number of aryl methyl sites for hydroxylation is 2. The van der Waals surface area contributed by atoms with E-state index in [1.165, 1.54) is 38.0 Å². The van der Waals surface area contributed by atoms with Crippen LogP contribution in [0.4, 0.5) is 10.5 Å². The maximum Gasteiger partial charge on any atom is 0.514 e. The first-order valence-corrected chi connectivity index (χ1v) is 12.4. The number of rotatable bonds is 13. The Hall–Kier alpha value is -5.33. The number of nitrogens with zero attached hydrogens (tertiary/aromatic N) is 2. The van der Waals surface area contributed by atoms with E-state index in [2.05, 4.69) is 4.98 Å². The molecule has 4 rings (SSSR count). The van der Waals surface area contributed by atoms with Crippen LogP contribution in [0, 0.1) is 17.0 Å². The Morgan fingerprint density at radius 1 is 1.12 bits per heavy atom. The van der Waals surface area contributed by atoms with Gasteiger partial charge >= 0.3 is 12.1 Å². The van der Waals surface area contributed by atoms with Crippen molar-refractivity contribution in [2.45, 2.75) is 38.9 Å². The number of ether oxygens (including phenoxy) is 4. The minimum Gasteiger partial charge on any atom is -0.492 e. The summed E-state index contributed by atoms with van der Waals surface area (Å²) in [6.07, 6.45) is 2.44. The second-order valence-corrected chi connectivity index (χ2v) is 8.72. The highest BCUT2D eigenvalue weighted by Gasteiger charge is 2.26. The standard InChI is InChI=1S/C28H26N2O11/c1-17-15-18(24(21-7-4-13-37-21)26(36-2)25(17)39-16-23-29-12-14-38-23)5-3-6-22(27(31)32)41-28(33)40-20-10-8-19(9-11-20)30(34)35/h4,7-15,22H,3,5-6,16H2,1-2H3,(H,31,32). The maximum absolute atomic E-state index is 12.2. The van der Waals surface area contributed by atoms with Gasteiger partial charge in [0.2, 0.25) is 12.0 Å². The van der Waals surface area contributed by atoms with Crippen LogP contribution in [0.15, 0.2) is 70.0 Å². The van der Waals surface area contributed by atoms with Crippen molar-refractivity contribution in [1.82, 2.24) is 4.98 Å². The molecule has 2 aromatic carbocycles. The molecule has 13 nitrogen and oxygen atoms in total. The third-order valence-corrected chi connectivity index (χ3v) is 5.97. The van der Waals surface area contributed by atoms with Crippen molar-refractivity contribution in [1.29, 1.82) is 0 Å². The topological polar surface area (TPSA) is 174 Å². The predicted octanol–water partition coefficient (Wildman–Crippen LogP) is 5.73. The van der Waals surface area contributed by atoms with E-state index >= 15 is 0 Å². The fourth-order valence-corrected chi connectivity index (χ4v) is 4.14. The third kappa shape index (κ3) is 7.20. The maximum atomic E-state index is 12.2. The molecule has 0 saturated heterocycles. The number of carbonyl (C=O) groups excluding carboxylic acids is 1. The average Bonchev–Trinajstić information content (AvgIpc) is 3.66. The van der Waals surface area contributed by atoms with Crippen molar-refractivity contribution in [3.8, 4) is 28.6 Å². The number of methoxy groups -OCH3 is 1. The molecule has 4 aromatic rings. The minimum absolute atomic E-state index is 0.0218. The zero-order valence-corrected chi connectivity index (χ0v) is 22.1. The van der Waals surface area contributed by atoms with Gasteiger partial charge in [0.15, 0.2) is 18.1 Å². The first-order chi connectivity index (χ1) is 19.8. The van der Waals surface area contributed by atoms with E-state index in [1.54, 1.807) is 12.1 Å². The fraction of sp³-hybridized carbons (Fsp3) is 0.250. The van der Waals surface area contributed by atoms with E-state index in [-0.39, 0.29) is 24.5 Å². The molecular weight excluding hydrogens is 540 g/mol. The lowest BCUT2D eigenvalue weighted by molar-refractivity contribution is -0.384. The lowest BCUT2D eigenvalue weighted by atomic mass is 9.95. The van der Waals surface area contributed by atoms with Gasteiger partial charge in [0.1, 0.15) is 17.8 Å². The number of nitro benzene ring substituents is 1. The van der Waals surface area contributed by atoms with Crippen molar-refractivity contribution in [3.05, 3.63) is 88.3 Å². The monoisotopic (exact) mass is 566 g/mol. The highest BCUT2D eigenvalue weighted by molar-refractivity contribution is 5.77. The molecule has 0 amide bonds. The Morgan fingerprint density at radius 3 is 2.51 bits per heavy atom. The van der Waals surface area contributed by atoms with Crippen LogP contribution in [0.2, 0.25) is 0 Å². The molecule has 0 aliphatic heterocycles. The van der Waals surface area contributed by atoms with Crippen LogP contribution in [0.5, 0.6) is 17.2 Å². The molecule has 1 unspecified atom stereocenters. The van der Waals surface area contributed by atoms with Gasteiger partial charge in [0.25, 0.3) is 5.69 Å². The molecule has 0 saturated carbocycles. The number of carboxylic acid groups (broad SMARTS) is 1. The lowest BCUT2D eigenvalue weighted by Gasteiger charge is -2.19. The van der Waals surface area contributed by atoms with Gasteiger partial charge in [-0.2, -0.15) is 0 Å². The smallest absolute Gasteiger partial charge is 0.492 e. The number of aromatic nitrogens is 1. The zero-order valence-electron chi connectivity index (χ0n) is 22.1. The van der Waals surface area contributed by atoms with Gasteiger partial charge in [-0.05, 0) is 61.6 Å². The molecule has 41 heavy (non-hydrogen) atoms. The van der Waals surface area contributed by atoms with E-state index in [0.717, 1.165) is 23.3 Å². The van der Waals surface area contributed by atoms with Crippen molar-refractivity contribution in [2.75, 3.05) is 7.11 Å². The number of benzene rings is 2. The zero-order chi connectivity index (χ0) is 29.4. The van der Waals surface area contributed by atoms with E-state index in [9.17, 15) is 24.8 Å². The third-order valence-electron chi connectivity index (χ3n) is 5.97. The van der Waals surface area contributed by atoms with Crippen LogP contribution in [0.25, 0.3) is 11.3 Å². The summed E-state index contributed by atoms with van der Waals surface area (Å²) in [7, 11) is 1.51. The molecule has 2 aromatic heterocycles. The van der Waals surface area contributed by atoms with E-state index < -0.39 is 23.2 Å². The Morgan fingerprint density at radius 2 is 1.90 bits per heavy atom. The van der Waals surface area contributed by atoms with Crippen LogP contribution in [0.3, 0.4) is 0 Å². The molecule has 0 bridgehead atoms. The first kappa shape index (κ1) is 28.7. The Labute approximate surface area is 233 Å². The molecule has 0 spiro atoms. The second kappa shape index (κ2) is 13.2. The highest BCUT2D eigenvalue weighted by Crippen LogP contribution is 2.44. The van der Waals surface area contributed by atoms with Crippen LogP contribution in [0.1, 0.15) is 29.9 Å². The number of furan rings is 1. The number of hydrogen-bond acceptors (Lipinski definition) is 11. The summed E-state index contributed by atoms with van der Waals surface area (Å²) >= 11 is 0. The average molecular weight is 567 g/mol. The summed E-state index contributed by atoms with van der Waals surface area (Å²) in [5.74, 6) is 0.444. The Bertz CT molecular complexity index is 1480. The fourth-order valence-electron chi connectivity index (χ4n) is 4.14. The van der Waals surface area contributed by atoms with Crippen molar-refractivity contribution in [3.63, 3.8) is 0 Å². The molecule has 1 N–H and O–H groups in total. The molecule has 0 aliphatic carbocycles. The van der Waals surface area contributed by atoms with E-state index in [1.807, 2.05) is 13.0 Å². The number of non-ortho nitro benzene ring substituents is 1. The summed E-state index contributed by atoms with van der Waals surface area (Å²) in [5.41, 5.74) is 2.01. The van der Waals surface area contributed by atoms with E-state index in [0.29, 0.717) is 41.6 Å². The van der Waals surface area contributed by atoms with Crippen molar-refractivity contribution >= 4 is 17.8 Å². The van der Waals surface area contributed by atoms with Gasteiger partial charge in [-0.15, -0.1) is 0 Å². The van der Waals surface area contributed by atoms with Crippen molar-refractivity contribution in [2.24, 2.45) is 0 Å². The van der Waals surface area contributed by atoms with Crippen molar-refractivity contribution < 1.29 is 47.4 Å². The normalized spacial score (nSPS) is 11.5. The molecule has 214 valence electrons. The van der Waals surface area contributed by atoms with Gasteiger partial charge in [-0.3, -0.25) is 10.1 Å². The second-order valence-electron chi connectivity index (χ2n) is 8.72. The Balaban J connectivity index is 1.46. The molecule has 0 radical (unpaired) electrons. The SMILES string of the molecule is COc1c(OCc2ncco2)c(C)cc(CCCC(OC(=O)Oc2ccc([N+](=O)[O-])cc2)C(=O)O)c1-c1ccco1. The summed E-state index contributed by atoms with van der Waals surface area (Å²) in [4.78, 5) is 38.2. The number of carbonyl (C=O) groups is 2.